The van der Waals surface area contributed by atoms with Crippen molar-refractivity contribution in [3.8, 4) is 45.1 Å². The molecule has 6 aliphatic rings. The first-order valence-electron chi connectivity index (χ1n) is 17.5. The third-order valence-electron chi connectivity index (χ3n) is 12.9. The number of aromatic nitrogens is 3. The number of fused-ring (bicyclic) bond motifs is 12. The Morgan fingerprint density at radius 2 is 1.24 bits per heavy atom. The molecule has 50 heavy (non-hydrogen) atoms. The zero-order valence-corrected chi connectivity index (χ0v) is 27.1. The quantitative estimate of drug-likeness (QED) is 0.116. The Morgan fingerprint density at radius 1 is 0.580 bits per heavy atom. The molecule has 6 aromatic carbocycles. The maximum Gasteiger partial charge on any atom is 0.354 e. The number of para-hydroxylation sites is 3. The molecule has 0 amide bonds. The van der Waals surface area contributed by atoms with Crippen LogP contribution in [-0.2, 0) is 12.5 Å². The monoisotopic (exact) mass is 637 g/mol. The van der Waals surface area contributed by atoms with E-state index in [9.17, 15) is 0 Å². The van der Waals surface area contributed by atoms with Crippen LogP contribution in [0.25, 0.3) is 44.7 Å². The molecule has 0 N–H and O–H groups in total. The minimum Gasteiger partial charge on any atom is -0.444 e. The maximum atomic E-state index is 7.09. The van der Waals surface area contributed by atoms with Crippen LogP contribution in [0.2, 0.25) is 0 Å². The largest absolute Gasteiger partial charge is 0.444 e. The predicted molar refractivity (Wildman–Crippen MR) is 195 cm³/mol. The van der Waals surface area contributed by atoms with Crippen molar-refractivity contribution in [1.82, 2.24) is 9.27 Å². The van der Waals surface area contributed by atoms with Crippen molar-refractivity contribution < 1.29 is 14.1 Å². The van der Waals surface area contributed by atoms with Gasteiger partial charge in [-0.25, -0.2) is 4.57 Å². The van der Waals surface area contributed by atoms with Gasteiger partial charge in [-0.2, -0.15) is 0 Å². The molecule has 14 rings (SSSR count). The molecule has 2 spiro atoms. The van der Waals surface area contributed by atoms with Gasteiger partial charge in [0.1, 0.15) is 10.3 Å². The summed E-state index contributed by atoms with van der Waals surface area (Å²) >= 11 is 0. The molecule has 5 aliphatic heterocycles. The van der Waals surface area contributed by atoms with Gasteiger partial charge in [0.15, 0.2) is 17.0 Å². The Hall–Kier alpha value is -6.24. The Morgan fingerprint density at radius 3 is 2.10 bits per heavy atom. The summed E-state index contributed by atoms with van der Waals surface area (Å²) in [6, 6.07) is 50.1. The zero-order chi connectivity index (χ0) is 32.2. The number of hydrogen-bond donors (Lipinski definition) is 0. The number of nitrogens with zero attached hydrogens (tertiary/aromatic N) is 4. The number of quaternary nitrogens is 1. The first-order chi connectivity index (χ1) is 24.8. The van der Waals surface area contributed by atoms with Crippen LogP contribution in [-0.4, -0.2) is 11.3 Å². The summed E-state index contributed by atoms with van der Waals surface area (Å²) < 4.78 is 15.0. The van der Waals surface area contributed by atoms with Crippen LogP contribution in [0.15, 0.2) is 140 Å². The summed E-state index contributed by atoms with van der Waals surface area (Å²) in [7, 11) is 2.21. The second-order valence-corrected chi connectivity index (χ2v) is 14.6. The van der Waals surface area contributed by atoms with E-state index in [0.29, 0.717) is 4.70 Å². The van der Waals surface area contributed by atoms with Gasteiger partial charge >= 0.3 is 12.5 Å². The SMILES string of the molecule is Cn1c2[n+](c3ccccc31)[N+]13c4c(cccc4-2)Oc2ccc4c(c21)B1c2c(cccc2C42c4ccccc4-c4ccccc42)-c2ccc[n+]3c21. The Balaban J connectivity index is 1.28. The van der Waals surface area contributed by atoms with Crippen LogP contribution < -0.4 is 35.3 Å². The Bertz CT molecular complexity index is 2970. The van der Waals surface area contributed by atoms with Crippen molar-refractivity contribution in [2.75, 3.05) is 0 Å². The minimum atomic E-state index is -0.473. The zero-order valence-electron chi connectivity index (χ0n) is 27.1. The molecule has 0 radical (unpaired) electrons. The molecule has 1 aliphatic carbocycles. The van der Waals surface area contributed by atoms with Crippen molar-refractivity contribution in [3.63, 3.8) is 0 Å². The molecule has 6 heteroatoms. The number of imidazole rings is 1. The number of ether oxygens (including phenoxy) is 1. The number of pyridine rings is 1. The van der Waals surface area contributed by atoms with E-state index < -0.39 is 5.41 Å². The molecule has 0 saturated heterocycles. The molecule has 1 unspecified atom stereocenters. The lowest BCUT2D eigenvalue weighted by Gasteiger charge is -2.44. The third-order valence-corrected chi connectivity index (χ3v) is 12.9. The van der Waals surface area contributed by atoms with E-state index in [0.717, 1.165) is 11.5 Å². The number of rotatable bonds is 0. The van der Waals surface area contributed by atoms with Gasteiger partial charge in [0.05, 0.1) is 12.5 Å². The highest BCUT2D eigenvalue weighted by Gasteiger charge is 2.75. The number of benzene rings is 6. The first kappa shape index (κ1) is 24.8. The Labute approximate surface area is 287 Å². The second kappa shape index (κ2) is 7.65. The molecular weight excluding hydrogens is 611 g/mol. The highest BCUT2D eigenvalue weighted by molar-refractivity contribution is 7.00. The maximum absolute atomic E-state index is 7.09. The van der Waals surface area contributed by atoms with Crippen molar-refractivity contribution in [3.05, 3.63) is 162 Å². The van der Waals surface area contributed by atoms with Crippen LogP contribution in [0, 0.1) is 0 Å². The first-order valence-corrected chi connectivity index (χ1v) is 17.5. The molecule has 0 fully saturated rings. The molecule has 1 atom stereocenters. The van der Waals surface area contributed by atoms with Crippen molar-refractivity contribution in [2.24, 2.45) is 7.05 Å². The van der Waals surface area contributed by atoms with E-state index in [2.05, 4.69) is 161 Å². The van der Waals surface area contributed by atoms with Crippen molar-refractivity contribution in [2.45, 2.75) is 5.41 Å². The third kappa shape index (κ3) is 2.20. The highest BCUT2D eigenvalue weighted by atomic mass is 16.5. The predicted octanol–water partition coefficient (Wildman–Crippen LogP) is 5.89. The van der Waals surface area contributed by atoms with Crippen LogP contribution in [0.4, 0.5) is 11.4 Å². The van der Waals surface area contributed by atoms with E-state index in [4.69, 9.17) is 4.74 Å². The summed E-state index contributed by atoms with van der Waals surface area (Å²) in [4.78, 5) is 0. The van der Waals surface area contributed by atoms with Gasteiger partial charge in [0.2, 0.25) is 17.3 Å². The second-order valence-electron chi connectivity index (χ2n) is 14.6. The number of hydrogen-bond acceptors (Lipinski definition) is 1. The van der Waals surface area contributed by atoms with Gasteiger partial charge in [0.25, 0.3) is 11.4 Å². The fraction of sp³-hybridized carbons (Fsp3) is 0.0455. The molecule has 2 aromatic heterocycles. The van der Waals surface area contributed by atoms with Crippen LogP contribution in [0.5, 0.6) is 11.5 Å². The van der Waals surface area contributed by atoms with E-state index in [1.165, 1.54) is 94.8 Å². The molecule has 5 nitrogen and oxygen atoms in total. The van der Waals surface area contributed by atoms with E-state index >= 15 is 0 Å². The lowest BCUT2D eigenvalue weighted by molar-refractivity contribution is -1.02. The summed E-state index contributed by atoms with van der Waals surface area (Å²) in [5.74, 6) is 3.01. The molecule has 0 bridgehead atoms. The van der Waals surface area contributed by atoms with Crippen LogP contribution in [0.3, 0.4) is 0 Å². The summed E-state index contributed by atoms with van der Waals surface area (Å²) in [5.41, 5.74) is 20.5. The van der Waals surface area contributed by atoms with E-state index in [1.807, 2.05) is 0 Å². The lowest BCUT2D eigenvalue weighted by atomic mass is 9.32. The van der Waals surface area contributed by atoms with Crippen LogP contribution in [0.1, 0.15) is 22.3 Å². The van der Waals surface area contributed by atoms with Crippen molar-refractivity contribution in [1.29, 1.82) is 0 Å². The lowest BCUT2D eigenvalue weighted by Crippen LogP contribution is -2.92. The Kier molecular flexibility index (Phi) is 3.80. The fourth-order valence-electron chi connectivity index (χ4n) is 11.4. The van der Waals surface area contributed by atoms with Gasteiger partial charge < -0.3 is 4.74 Å². The van der Waals surface area contributed by atoms with Gasteiger partial charge in [-0.3, -0.25) is 0 Å². The topological polar surface area (TPSA) is 21.9 Å². The molecule has 7 heterocycles. The molecule has 0 saturated carbocycles. The average molecular weight is 638 g/mol. The summed E-state index contributed by atoms with van der Waals surface area (Å²) in [6.45, 7) is 0.0774. The standard InChI is InChI=1S/C44H26BN4O/c1-46-34-19-6-7-20-35(34)48-43(46)29-14-9-21-36-40(29)49(48)41-37(50-36)23-22-33-39(41)45-38-27(28-15-10-24-47(49)42(28)45)13-8-18-32(38)44(33)30-16-4-2-11-25(30)26-12-3-5-17-31(26)44/h2-24H,1H3/q+3. The summed E-state index contributed by atoms with van der Waals surface area (Å²) in [6.07, 6.45) is 2.32. The average Bonchev–Trinajstić information content (AvgIpc) is 3.86. The molecular formula is C44H26BN4O+3. The van der Waals surface area contributed by atoms with E-state index in [1.54, 1.807) is 0 Å². The normalized spacial score (nSPS) is 18.5. The van der Waals surface area contributed by atoms with E-state index in [-0.39, 0.29) is 6.71 Å². The highest BCUT2D eigenvalue weighted by Crippen LogP contribution is 2.62. The minimum absolute atomic E-state index is 0.0774. The molecule has 8 aromatic rings. The van der Waals surface area contributed by atoms with Gasteiger partial charge in [-0.1, -0.05) is 91.0 Å². The van der Waals surface area contributed by atoms with Gasteiger partial charge in [-0.05, 0) is 80.8 Å². The van der Waals surface area contributed by atoms with Gasteiger partial charge in [-0.15, -0.1) is 0 Å². The summed E-state index contributed by atoms with van der Waals surface area (Å²) in [5, 5.41) is 0. The van der Waals surface area contributed by atoms with Crippen molar-refractivity contribution >= 4 is 45.6 Å². The molecule has 228 valence electrons. The number of aryl methyl sites for hydroxylation is 1. The fourth-order valence-corrected chi connectivity index (χ4v) is 11.4. The smallest absolute Gasteiger partial charge is 0.354 e. The van der Waals surface area contributed by atoms with Gasteiger partial charge in [0, 0.05) is 26.4 Å². The van der Waals surface area contributed by atoms with Crippen LogP contribution >= 0.6 is 0 Å².